The molecule has 2 heterocycles. The van der Waals surface area contributed by atoms with Crippen molar-refractivity contribution in [3.63, 3.8) is 0 Å². The summed E-state index contributed by atoms with van der Waals surface area (Å²) in [6.07, 6.45) is 1.24. The van der Waals surface area contributed by atoms with E-state index in [-0.39, 0.29) is 18.4 Å². The lowest BCUT2D eigenvalue weighted by molar-refractivity contribution is -0.138. The summed E-state index contributed by atoms with van der Waals surface area (Å²) in [6.45, 7) is 0.931. The van der Waals surface area contributed by atoms with E-state index in [9.17, 15) is 4.79 Å². The number of aliphatic carboxylic acids is 1. The Morgan fingerprint density at radius 1 is 1.71 bits per heavy atom. The predicted octanol–water partition coefficient (Wildman–Crippen LogP) is 1.87. The number of rotatable bonds is 3. The van der Waals surface area contributed by atoms with Crippen molar-refractivity contribution < 1.29 is 9.90 Å². The van der Waals surface area contributed by atoms with Crippen LogP contribution in [-0.2, 0) is 4.79 Å². The van der Waals surface area contributed by atoms with Gasteiger partial charge in [-0.2, -0.15) is 0 Å². The first-order valence-corrected chi connectivity index (χ1v) is 5.64. The van der Waals surface area contributed by atoms with E-state index in [4.69, 9.17) is 5.11 Å². The van der Waals surface area contributed by atoms with Crippen molar-refractivity contribution in [1.82, 2.24) is 5.32 Å². The molecular weight excluding hydrogens is 198 g/mol. The van der Waals surface area contributed by atoms with Gasteiger partial charge in [0, 0.05) is 10.9 Å². The lowest BCUT2D eigenvalue weighted by Gasteiger charge is -2.15. The van der Waals surface area contributed by atoms with E-state index in [0.29, 0.717) is 0 Å². The molecule has 1 saturated heterocycles. The third kappa shape index (κ3) is 1.96. The highest BCUT2D eigenvalue weighted by atomic mass is 32.1. The Morgan fingerprint density at radius 2 is 2.57 bits per heavy atom. The van der Waals surface area contributed by atoms with E-state index < -0.39 is 5.97 Å². The maximum atomic E-state index is 10.6. The quantitative estimate of drug-likeness (QED) is 0.802. The molecular formula is C10H13NO2S. The minimum atomic E-state index is -0.694. The van der Waals surface area contributed by atoms with E-state index in [2.05, 4.69) is 11.4 Å². The average molecular weight is 211 g/mol. The SMILES string of the molecule is O=C(O)CC1CCNC1c1cccs1. The standard InChI is InChI=1S/C10H13NO2S/c12-9(13)6-7-3-4-11-10(7)8-2-1-5-14-8/h1-2,5,7,10-11H,3-4,6H2,(H,12,13). The average Bonchev–Trinajstić information content (AvgIpc) is 2.70. The molecule has 4 heteroatoms. The van der Waals surface area contributed by atoms with Gasteiger partial charge in [-0.05, 0) is 30.3 Å². The number of thiophene rings is 1. The zero-order valence-electron chi connectivity index (χ0n) is 7.77. The highest BCUT2D eigenvalue weighted by Gasteiger charge is 2.30. The van der Waals surface area contributed by atoms with Gasteiger partial charge in [-0.15, -0.1) is 11.3 Å². The molecule has 76 valence electrons. The Bertz CT molecular complexity index is 310. The first-order chi connectivity index (χ1) is 6.77. The molecule has 14 heavy (non-hydrogen) atoms. The van der Waals surface area contributed by atoms with Gasteiger partial charge in [-0.25, -0.2) is 0 Å². The largest absolute Gasteiger partial charge is 0.481 e. The third-order valence-electron chi connectivity index (χ3n) is 2.64. The zero-order valence-corrected chi connectivity index (χ0v) is 8.59. The summed E-state index contributed by atoms with van der Waals surface area (Å²) >= 11 is 1.70. The molecule has 2 rings (SSSR count). The zero-order chi connectivity index (χ0) is 9.97. The molecule has 0 aromatic carbocycles. The molecule has 1 aliphatic rings. The van der Waals surface area contributed by atoms with Gasteiger partial charge in [0.2, 0.25) is 0 Å². The lowest BCUT2D eigenvalue weighted by atomic mass is 9.96. The van der Waals surface area contributed by atoms with Gasteiger partial charge in [0.05, 0.1) is 6.42 Å². The number of nitrogens with one attached hydrogen (secondary N) is 1. The molecule has 1 aromatic heterocycles. The summed E-state index contributed by atoms with van der Waals surface area (Å²) in [5.74, 6) is -0.439. The van der Waals surface area contributed by atoms with Crippen molar-refractivity contribution in [2.75, 3.05) is 6.54 Å². The van der Waals surface area contributed by atoms with E-state index in [1.165, 1.54) is 4.88 Å². The van der Waals surface area contributed by atoms with Crippen LogP contribution in [0.25, 0.3) is 0 Å². The van der Waals surface area contributed by atoms with Crippen molar-refractivity contribution in [2.24, 2.45) is 5.92 Å². The van der Waals surface area contributed by atoms with Gasteiger partial charge in [0.15, 0.2) is 0 Å². The molecule has 0 spiro atoms. The van der Waals surface area contributed by atoms with Crippen LogP contribution < -0.4 is 5.32 Å². The van der Waals surface area contributed by atoms with Crippen molar-refractivity contribution in [1.29, 1.82) is 0 Å². The molecule has 0 saturated carbocycles. The van der Waals surface area contributed by atoms with Gasteiger partial charge in [-0.3, -0.25) is 4.79 Å². The second-order valence-electron chi connectivity index (χ2n) is 3.59. The van der Waals surface area contributed by atoms with Crippen LogP contribution in [-0.4, -0.2) is 17.6 Å². The first-order valence-electron chi connectivity index (χ1n) is 4.76. The summed E-state index contributed by atoms with van der Waals surface area (Å²) in [5, 5.41) is 14.2. The molecule has 2 N–H and O–H groups in total. The molecule has 0 aliphatic carbocycles. The van der Waals surface area contributed by atoms with Gasteiger partial charge >= 0.3 is 5.97 Å². The summed E-state index contributed by atoms with van der Waals surface area (Å²) < 4.78 is 0. The van der Waals surface area contributed by atoms with Gasteiger partial charge in [-0.1, -0.05) is 6.07 Å². The summed E-state index contributed by atoms with van der Waals surface area (Å²) in [5.41, 5.74) is 0. The van der Waals surface area contributed by atoms with Crippen molar-refractivity contribution >= 4 is 17.3 Å². The van der Waals surface area contributed by atoms with E-state index in [0.717, 1.165) is 13.0 Å². The summed E-state index contributed by atoms with van der Waals surface area (Å²) in [4.78, 5) is 11.9. The Balaban J connectivity index is 2.07. The molecule has 1 fully saturated rings. The second kappa shape index (κ2) is 4.11. The number of hydrogen-bond donors (Lipinski definition) is 2. The highest BCUT2D eigenvalue weighted by Crippen LogP contribution is 2.34. The lowest BCUT2D eigenvalue weighted by Crippen LogP contribution is -2.18. The monoisotopic (exact) mass is 211 g/mol. The number of carbonyl (C=O) groups is 1. The summed E-state index contributed by atoms with van der Waals surface area (Å²) in [6, 6.07) is 4.34. The van der Waals surface area contributed by atoms with Crippen LogP contribution in [0.1, 0.15) is 23.8 Å². The normalized spacial score (nSPS) is 26.6. The Labute approximate surface area is 86.8 Å². The number of carboxylic acids is 1. The van der Waals surface area contributed by atoms with Gasteiger partial charge < -0.3 is 10.4 Å². The van der Waals surface area contributed by atoms with Crippen LogP contribution >= 0.6 is 11.3 Å². The molecule has 0 radical (unpaired) electrons. The Kier molecular flexibility index (Phi) is 2.84. The number of hydrogen-bond acceptors (Lipinski definition) is 3. The Hall–Kier alpha value is -0.870. The van der Waals surface area contributed by atoms with E-state index >= 15 is 0 Å². The Morgan fingerprint density at radius 3 is 3.21 bits per heavy atom. The van der Waals surface area contributed by atoms with Crippen LogP contribution in [0.3, 0.4) is 0 Å². The molecule has 1 aromatic rings. The van der Waals surface area contributed by atoms with Crippen LogP contribution in [0.4, 0.5) is 0 Å². The number of carboxylic acid groups (broad SMARTS) is 1. The van der Waals surface area contributed by atoms with Crippen molar-refractivity contribution in [3.05, 3.63) is 22.4 Å². The molecule has 3 nitrogen and oxygen atoms in total. The first kappa shape index (κ1) is 9.68. The van der Waals surface area contributed by atoms with Crippen molar-refractivity contribution in [3.8, 4) is 0 Å². The van der Waals surface area contributed by atoms with Crippen LogP contribution in [0.2, 0.25) is 0 Å². The molecule has 0 bridgehead atoms. The predicted molar refractivity (Wildman–Crippen MR) is 55.4 cm³/mol. The smallest absolute Gasteiger partial charge is 0.303 e. The summed E-state index contributed by atoms with van der Waals surface area (Å²) in [7, 11) is 0. The minimum absolute atomic E-state index is 0.256. The van der Waals surface area contributed by atoms with Crippen LogP contribution in [0.15, 0.2) is 17.5 Å². The van der Waals surface area contributed by atoms with E-state index in [1.54, 1.807) is 11.3 Å². The third-order valence-corrected chi connectivity index (χ3v) is 3.59. The molecule has 2 unspecified atom stereocenters. The van der Waals surface area contributed by atoms with E-state index in [1.807, 2.05) is 11.4 Å². The molecule has 1 aliphatic heterocycles. The highest BCUT2D eigenvalue weighted by molar-refractivity contribution is 7.10. The maximum absolute atomic E-state index is 10.6. The topological polar surface area (TPSA) is 49.3 Å². The minimum Gasteiger partial charge on any atom is -0.481 e. The van der Waals surface area contributed by atoms with Gasteiger partial charge in [0.25, 0.3) is 0 Å². The maximum Gasteiger partial charge on any atom is 0.303 e. The fourth-order valence-electron chi connectivity index (χ4n) is 2.00. The van der Waals surface area contributed by atoms with Crippen LogP contribution in [0, 0.1) is 5.92 Å². The van der Waals surface area contributed by atoms with Gasteiger partial charge in [0.1, 0.15) is 0 Å². The fourth-order valence-corrected chi connectivity index (χ4v) is 2.90. The molecule has 2 atom stereocenters. The second-order valence-corrected chi connectivity index (χ2v) is 4.57. The van der Waals surface area contributed by atoms with Crippen molar-refractivity contribution in [2.45, 2.75) is 18.9 Å². The fraction of sp³-hybridized carbons (Fsp3) is 0.500. The molecule has 0 amide bonds. The van der Waals surface area contributed by atoms with Crippen LogP contribution in [0.5, 0.6) is 0 Å².